The van der Waals surface area contributed by atoms with Crippen molar-refractivity contribution < 1.29 is 0 Å². The van der Waals surface area contributed by atoms with Crippen molar-refractivity contribution in [3.63, 3.8) is 0 Å². The van der Waals surface area contributed by atoms with Gasteiger partial charge in [-0.15, -0.1) is 0 Å². The van der Waals surface area contributed by atoms with Crippen LogP contribution < -0.4 is 5.73 Å². The molecule has 1 aromatic rings. The van der Waals surface area contributed by atoms with Gasteiger partial charge in [-0.05, 0) is 50.6 Å². The van der Waals surface area contributed by atoms with Gasteiger partial charge >= 0.3 is 0 Å². The smallest absolute Gasteiger partial charge is 0.0404 e. The molecule has 1 aliphatic rings. The van der Waals surface area contributed by atoms with Crippen molar-refractivity contribution in [2.45, 2.75) is 25.8 Å². The molecule has 2 rings (SSSR count). The lowest BCUT2D eigenvalue weighted by Gasteiger charge is -2.41. The molecule has 0 atom stereocenters. The zero-order valence-corrected chi connectivity index (χ0v) is 9.17. The summed E-state index contributed by atoms with van der Waals surface area (Å²) in [5, 5.41) is 0. The maximum Gasteiger partial charge on any atom is 0.0404 e. The number of fused-ring (bicyclic) bond motifs is 1. The second-order valence-corrected chi connectivity index (χ2v) is 4.65. The van der Waals surface area contributed by atoms with E-state index in [-0.39, 0.29) is 5.54 Å². The minimum absolute atomic E-state index is 0.140. The molecule has 0 saturated heterocycles. The molecule has 14 heavy (non-hydrogen) atoms. The fraction of sp³-hybridized carbons (Fsp3) is 0.500. The SMILES string of the molecule is CN1CCc2cc(N)ccc2C1(C)C. The number of anilines is 1. The zero-order chi connectivity index (χ0) is 10.3. The lowest BCUT2D eigenvalue weighted by molar-refractivity contribution is 0.143. The highest BCUT2D eigenvalue weighted by Gasteiger charge is 2.31. The van der Waals surface area contributed by atoms with Crippen LogP contribution in [-0.4, -0.2) is 18.5 Å². The van der Waals surface area contributed by atoms with E-state index < -0.39 is 0 Å². The van der Waals surface area contributed by atoms with E-state index in [4.69, 9.17) is 5.73 Å². The number of nitrogens with zero attached hydrogens (tertiary/aromatic N) is 1. The van der Waals surface area contributed by atoms with E-state index >= 15 is 0 Å². The van der Waals surface area contributed by atoms with Crippen LogP contribution in [0.1, 0.15) is 25.0 Å². The van der Waals surface area contributed by atoms with Crippen LogP contribution in [0.3, 0.4) is 0 Å². The number of likely N-dealkylation sites (N-methyl/N-ethyl adjacent to an activating group) is 1. The van der Waals surface area contributed by atoms with Crippen LogP contribution in [0.25, 0.3) is 0 Å². The molecule has 1 aromatic carbocycles. The molecule has 1 aliphatic heterocycles. The van der Waals surface area contributed by atoms with Crippen LogP contribution in [0, 0.1) is 0 Å². The summed E-state index contributed by atoms with van der Waals surface area (Å²) < 4.78 is 0. The molecule has 0 fully saturated rings. The summed E-state index contributed by atoms with van der Waals surface area (Å²) in [4.78, 5) is 2.39. The number of nitrogen functional groups attached to an aromatic ring is 1. The number of hydrogen-bond acceptors (Lipinski definition) is 2. The van der Waals surface area contributed by atoms with Crippen molar-refractivity contribution in [2.24, 2.45) is 0 Å². The van der Waals surface area contributed by atoms with Crippen molar-refractivity contribution in [1.29, 1.82) is 0 Å². The zero-order valence-electron chi connectivity index (χ0n) is 9.17. The fourth-order valence-corrected chi connectivity index (χ4v) is 2.19. The molecule has 2 N–H and O–H groups in total. The van der Waals surface area contributed by atoms with Crippen molar-refractivity contribution in [3.8, 4) is 0 Å². The van der Waals surface area contributed by atoms with Gasteiger partial charge in [0.2, 0.25) is 0 Å². The second-order valence-electron chi connectivity index (χ2n) is 4.65. The third-order valence-electron chi connectivity index (χ3n) is 3.46. The molecule has 2 heteroatoms. The molecular weight excluding hydrogens is 172 g/mol. The molecule has 76 valence electrons. The van der Waals surface area contributed by atoms with Gasteiger partial charge in [0.1, 0.15) is 0 Å². The first-order chi connectivity index (χ1) is 6.51. The minimum Gasteiger partial charge on any atom is -0.399 e. The van der Waals surface area contributed by atoms with Crippen molar-refractivity contribution in [2.75, 3.05) is 19.3 Å². The quantitative estimate of drug-likeness (QED) is 0.634. The fourth-order valence-electron chi connectivity index (χ4n) is 2.19. The molecule has 0 saturated carbocycles. The van der Waals surface area contributed by atoms with Gasteiger partial charge in [0.25, 0.3) is 0 Å². The minimum atomic E-state index is 0.140. The Kier molecular flexibility index (Phi) is 2.04. The highest BCUT2D eigenvalue weighted by molar-refractivity contribution is 5.47. The first kappa shape index (κ1) is 9.53. The average molecular weight is 190 g/mol. The number of nitrogens with two attached hydrogens (primary N) is 1. The van der Waals surface area contributed by atoms with E-state index in [9.17, 15) is 0 Å². The first-order valence-corrected chi connectivity index (χ1v) is 5.12. The van der Waals surface area contributed by atoms with Gasteiger partial charge in [0, 0.05) is 17.8 Å². The Morgan fingerprint density at radius 3 is 2.79 bits per heavy atom. The Balaban J connectivity index is 2.53. The summed E-state index contributed by atoms with van der Waals surface area (Å²) in [6, 6.07) is 6.28. The van der Waals surface area contributed by atoms with Gasteiger partial charge in [0.05, 0.1) is 0 Å². The lowest BCUT2D eigenvalue weighted by Crippen LogP contribution is -2.43. The average Bonchev–Trinajstić information content (AvgIpc) is 2.12. The number of rotatable bonds is 0. The van der Waals surface area contributed by atoms with Gasteiger partial charge in [-0.1, -0.05) is 6.07 Å². The van der Waals surface area contributed by atoms with Gasteiger partial charge in [-0.25, -0.2) is 0 Å². The van der Waals surface area contributed by atoms with Gasteiger partial charge in [-0.3, -0.25) is 4.90 Å². The monoisotopic (exact) mass is 190 g/mol. The Bertz CT molecular complexity index is 355. The summed E-state index contributed by atoms with van der Waals surface area (Å²) in [7, 11) is 2.18. The van der Waals surface area contributed by atoms with Crippen LogP contribution >= 0.6 is 0 Å². The molecule has 0 amide bonds. The molecule has 0 unspecified atom stereocenters. The normalized spacial score (nSPS) is 20.5. The lowest BCUT2D eigenvalue weighted by atomic mass is 9.83. The van der Waals surface area contributed by atoms with E-state index in [1.165, 1.54) is 11.1 Å². The summed E-state index contributed by atoms with van der Waals surface area (Å²) in [6.45, 7) is 5.64. The molecule has 0 spiro atoms. The maximum atomic E-state index is 5.79. The van der Waals surface area contributed by atoms with Gasteiger partial charge < -0.3 is 5.73 Å². The molecule has 0 aliphatic carbocycles. The van der Waals surface area contributed by atoms with Gasteiger partial charge in [0.15, 0.2) is 0 Å². The Hall–Kier alpha value is -1.02. The van der Waals surface area contributed by atoms with Crippen LogP contribution in [0.5, 0.6) is 0 Å². The first-order valence-electron chi connectivity index (χ1n) is 5.12. The highest BCUT2D eigenvalue weighted by Crippen LogP contribution is 2.34. The third-order valence-corrected chi connectivity index (χ3v) is 3.46. The van der Waals surface area contributed by atoms with Crippen molar-refractivity contribution in [1.82, 2.24) is 4.90 Å². The summed E-state index contributed by atoms with van der Waals surface area (Å²) >= 11 is 0. The summed E-state index contributed by atoms with van der Waals surface area (Å²) in [5.74, 6) is 0. The predicted molar refractivity (Wildman–Crippen MR) is 60.2 cm³/mol. The molecule has 0 radical (unpaired) electrons. The van der Waals surface area contributed by atoms with Crippen molar-refractivity contribution in [3.05, 3.63) is 29.3 Å². The maximum absolute atomic E-state index is 5.79. The molecular formula is C12H18N2. The summed E-state index contributed by atoms with van der Waals surface area (Å²) in [6.07, 6.45) is 1.11. The Morgan fingerprint density at radius 1 is 1.36 bits per heavy atom. The van der Waals surface area contributed by atoms with Gasteiger partial charge in [-0.2, -0.15) is 0 Å². The topological polar surface area (TPSA) is 29.3 Å². The summed E-state index contributed by atoms with van der Waals surface area (Å²) in [5.41, 5.74) is 9.64. The van der Waals surface area contributed by atoms with E-state index in [1.807, 2.05) is 6.07 Å². The van der Waals surface area contributed by atoms with Crippen LogP contribution in [0.15, 0.2) is 18.2 Å². The number of hydrogen-bond donors (Lipinski definition) is 1. The van der Waals surface area contributed by atoms with Crippen molar-refractivity contribution >= 4 is 5.69 Å². The van der Waals surface area contributed by atoms with E-state index in [0.717, 1.165) is 18.7 Å². The van der Waals surface area contributed by atoms with Crippen LogP contribution in [-0.2, 0) is 12.0 Å². The molecule has 0 bridgehead atoms. The molecule has 2 nitrogen and oxygen atoms in total. The largest absolute Gasteiger partial charge is 0.399 e. The van der Waals surface area contributed by atoms with E-state index in [1.54, 1.807) is 0 Å². The Labute approximate surface area is 85.7 Å². The third kappa shape index (κ3) is 1.30. The van der Waals surface area contributed by atoms with Crippen LogP contribution in [0.2, 0.25) is 0 Å². The molecule has 1 heterocycles. The highest BCUT2D eigenvalue weighted by atomic mass is 15.2. The van der Waals surface area contributed by atoms with E-state index in [0.29, 0.717) is 0 Å². The second kappa shape index (κ2) is 2.99. The standard InChI is InChI=1S/C12H18N2/c1-12(2)11-5-4-10(13)8-9(11)6-7-14(12)3/h4-5,8H,6-7,13H2,1-3H3. The van der Waals surface area contributed by atoms with E-state index in [2.05, 4.69) is 37.9 Å². The predicted octanol–water partition coefficient (Wildman–Crippen LogP) is 1.99. The Morgan fingerprint density at radius 2 is 2.07 bits per heavy atom. The van der Waals surface area contributed by atoms with Crippen LogP contribution in [0.4, 0.5) is 5.69 Å². The molecule has 0 aromatic heterocycles. The number of benzene rings is 1.